The van der Waals surface area contributed by atoms with Gasteiger partial charge in [0.05, 0.1) is 6.61 Å². The fraction of sp³-hybridized carbons (Fsp3) is 0.200. The van der Waals surface area contributed by atoms with Gasteiger partial charge in [0.2, 0.25) is 6.79 Å². The number of hydrogen-bond donors (Lipinski definition) is 0. The molecule has 0 aliphatic carbocycles. The Morgan fingerprint density at radius 1 is 1.00 bits per heavy atom. The normalized spacial score (nSPS) is 12.4. The first-order chi connectivity index (χ1) is 9.42. The van der Waals surface area contributed by atoms with E-state index in [0.717, 1.165) is 23.0 Å². The topological polar surface area (TPSA) is 27.7 Å². The average Bonchev–Trinajstić information content (AvgIpc) is 2.92. The van der Waals surface area contributed by atoms with Gasteiger partial charge in [-0.2, -0.15) is 0 Å². The van der Waals surface area contributed by atoms with Gasteiger partial charge in [0, 0.05) is 16.7 Å². The number of hydrogen-bond acceptors (Lipinski definition) is 4. The summed E-state index contributed by atoms with van der Waals surface area (Å²) >= 11 is 1.78. The highest BCUT2D eigenvalue weighted by Gasteiger charge is 2.13. The SMILES string of the molecule is c1ccc(SCCOc2ccc3c(c2)OCO3)cc1. The van der Waals surface area contributed by atoms with Crippen molar-refractivity contribution in [3.8, 4) is 17.2 Å². The van der Waals surface area contributed by atoms with Gasteiger partial charge in [-0.1, -0.05) is 18.2 Å². The molecule has 1 aliphatic rings. The Balaban J connectivity index is 1.48. The van der Waals surface area contributed by atoms with Crippen LogP contribution in [0, 0.1) is 0 Å². The molecular formula is C15H14O3S. The number of fused-ring (bicyclic) bond motifs is 1. The van der Waals surface area contributed by atoms with E-state index in [4.69, 9.17) is 14.2 Å². The second kappa shape index (κ2) is 5.89. The van der Waals surface area contributed by atoms with Crippen molar-refractivity contribution in [2.75, 3.05) is 19.2 Å². The fourth-order valence-corrected chi connectivity index (χ4v) is 2.55. The molecule has 0 saturated carbocycles. The van der Waals surface area contributed by atoms with Crippen molar-refractivity contribution in [1.82, 2.24) is 0 Å². The van der Waals surface area contributed by atoms with Gasteiger partial charge in [0.15, 0.2) is 11.5 Å². The number of thioether (sulfide) groups is 1. The molecule has 4 heteroatoms. The summed E-state index contributed by atoms with van der Waals surface area (Å²) < 4.78 is 16.3. The minimum atomic E-state index is 0.294. The fourth-order valence-electron chi connectivity index (χ4n) is 1.80. The van der Waals surface area contributed by atoms with Gasteiger partial charge in [0.25, 0.3) is 0 Å². The molecule has 0 N–H and O–H groups in total. The van der Waals surface area contributed by atoms with Crippen LogP contribution in [0.3, 0.4) is 0 Å². The molecule has 3 rings (SSSR count). The minimum absolute atomic E-state index is 0.294. The largest absolute Gasteiger partial charge is 0.493 e. The maximum atomic E-state index is 5.70. The Morgan fingerprint density at radius 2 is 1.84 bits per heavy atom. The molecular weight excluding hydrogens is 260 g/mol. The third-order valence-electron chi connectivity index (χ3n) is 2.71. The lowest BCUT2D eigenvalue weighted by Crippen LogP contribution is -1.99. The molecule has 0 radical (unpaired) electrons. The molecule has 0 amide bonds. The first kappa shape index (κ1) is 12.2. The lowest BCUT2D eigenvalue weighted by atomic mass is 10.3. The summed E-state index contributed by atoms with van der Waals surface area (Å²) in [4.78, 5) is 1.26. The first-order valence-electron chi connectivity index (χ1n) is 6.12. The van der Waals surface area contributed by atoms with Crippen molar-refractivity contribution in [2.24, 2.45) is 0 Å². The predicted octanol–water partition coefficient (Wildman–Crippen LogP) is 3.59. The van der Waals surface area contributed by atoms with Crippen molar-refractivity contribution in [3.05, 3.63) is 48.5 Å². The molecule has 0 atom stereocenters. The van der Waals surface area contributed by atoms with Crippen molar-refractivity contribution in [1.29, 1.82) is 0 Å². The quantitative estimate of drug-likeness (QED) is 0.615. The molecule has 0 aromatic heterocycles. The molecule has 0 spiro atoms. The third kappa shape index (κ3) is 3.15. The second-order valence-electron chi connectivity index (χ2n) is 4.03. The number of ether oxygens (including phenoxy) is 3. The van der Waals surface area contributed by atoms with Crippen LogP contribution in [0.5, 0.6) is 17.2 Å². The molecule has 1 aliphatic heterocycles. The smallest absolute Gasteiger partial charge is 0.231 e. The predicted molar refractivity (Wildman–Crippen MR) is 75.2 cm³/mol. The van der Waals surface area contributed by atoms with Crippen LogP contribution in [-0.4, -0.2) is 19.2 Å². The van der Waals surface area contributed by atoms with E-state index in [9.17, 15) is 0 Å². The van der Waals surface area contributed by atoms with Gasteiger partial charge >= 0.3 is 0 Å². The van der Waals surface area contributed by atoms with E-state index in [0.29, 0.717) is 13.4 Å². The molecule has 2 aromatic rings. The van der Waals surface area contributed by atoms with Crippen LogP contribution >= 0.6 is 11.8 Å². The van der Waals surface area contributed by atoms with E-state index in [-0.39, 0.29) is 0 Å². The van der Waals surface area contributed by atoms with Crippen molar-refractivity contribution >= 4 is 11.8 Å². The van der Waals surface area contributed by atoms with E-state index >= 15 is 0 Å². The van der Waals surface area contributed by atoms with Crippen molar-refractivity contribution in [2.45, 2.75) is 4.90 Å². The van der Waals surface area contributed by atoms with E-state index in [1.54, 1.807) is 11.8 Å². The summed E-state index contributed by atoms with van der Waals surface area (Å²) in [5.74, 6) is 3.27. The summed E-state index contributed by atoms with van der Waals surface area (Å²) in [6, 6.07) is 16.0. The van der Waals surface area contributed by atoms with Crippen molar-refractivity contribution < 1.29 is 14.2 Å². The van der Waals surface area contributed by atoms with Crippen molar-refractivity contribution in [3.63, 3.8) is 0 Å². The summed E-state index contributed by atoms with van der Waals surface area (Å²) in [6.45, 7) is 0.960. The summed E-state index contributed by atoms with van der Waals surface area (Å²) in [6.07, 6.45) is 0. The lowest BCUT2D eigenvalue weighted by molar-refractivity contribution is 0.174. The average molecular weight is 274 g/mol. The summed E-state index contributed by atoms with van der Waals surface area (Å²) in [7, 11) is 0. The highest BCUT2D eigenvalue weighted by atomic mass is 32.2. The summed E-state index contributed by atoms with van der Waals surface area (Å²) in [5.41, 5.74) is 0. The molecule has 19 heavy (non-hydrogen) atoms. The zero-order valence-corrected chi connectivity index (χ0v) is 11.2. The molecule has 0 unspecified atom stereocenters. The molecule has 0 saturated heterocycles. The van der Waals surface area contributed by atoms with Gasteiger partial charge in [0.1, 0.15) is 5.75 Å². The van der Waals surface area contributed by atoms with Gasteiger partial charge in [-0.3, -0.25) is 0 Å². The van der Waals surface area contributed by atoms with Crippen LogP contribution in [0.4, 0.5) is 0 Å². The maximum absolute atomic E-state index is 5.70. The number of rotatable bonds is 5. The van der Waals surface area contributed by atoms with Crippen LogP contribution in [0.15, 0.2) is 53.4 Å². The van der Waals surface area contributed by atoms with Gasteiger partial charge < -0.3 is 14.2 Å². The molecule has 2 aromatic carbocycles. The zero-order valence-electron chi connectivity index (χ0n) is 10.4. The van der Waals surface area contributed by atoms with E-state index < -0.39 is 0 Å². The third-order valence-corrected chi connectivity index (χ3v) is 3.68. The highest BCUT2D eigenvalue weighted by molar-refractivity contribution is 7.99. The zero-order chi connectivity index (χ0) is 12.9. The number of benzene rings is 2. The minimum Gasteiger partial charge on any atom is -0.493 e. The first-order valence-corrected chi connectivity index (χ1v) is 7.11. The Labute approximate surface area is 116 Å². The molecule has 0 fully saturated rings. The molecule has 3 nitrogen and oxygen atoms in total. The maximum Gasteiger partial charge on any atom is 0.231 e. The van der Waals surface area contributed by atoms with Crippen LogP contribution in [0.25, 0.3) is 0 Å². The van der Waals surface area contributed by atoms with Gasteiger partial charge in [-0.05, 0) is 24.3 Å². The Bertz CT molecular complexity index is 542. The van der Waals surface area contributed by atoms with E-state index in [1.165, 1.54) is 4.90 Å². The molecule has 1 heterocycles. The summed E-state index contributed by atoms with van der Waals surface area (Å²) in [5, 5.41) is 0. The van der Waals surface area contributed by atoms with E-state index in [1.807, 2.05) is 36.4 Å². The Kier molecular flexibility index (Phi) is 3.79. The lowest BCUT2D eigenvalue weighted by Gasteiger charge is -2.06. The van der Waals surface area contributed by atoms with Gasteiger partial charge in [-0.25, -0.2) is 0 Å². The van der Waals surface area contributed by atoms with Crippen LogP contribution in [0.1, 0.15) is 0 Å². The van der Waals surface area contributed by atoms with Gasteiger partial charge in [-0.15, -0.1) is 11.8 Å². The highest BCUT2D eigenvalue weighted by Crippen LogP contribution is 2.35. The Morgan fingerprint density at radius 3 is 2.74 bits per heavy atom. The van der Waals surface area contributed by atoms with Crippen LogP contribution in [0.2, 0.25) is 0 Å². The van der Waals surface area contributed by atoms with E-state index in [2.05, 4.69) is 12.1 Å². The molecule has 98 valence electrons. The second-order valence-corrected chi connectivity index (χ2v) is 5.19. The Hall–Kier alpha value is -1.81. The standard InChI is InChI=1S/C15H14O3S/c1-2-4-13(5-3-1)19-9-8-16-12-6-7-14-15(10-12)18-11-17-14/h1-7,10H,8-9,11H2. The van der Waals surface area contributed by atoms with Crippen LogP contribution < -0.4 is 14.2 Å². The van der Waals surface area contributed by atoms with Crippen LogP contribution in [-0.2, 0) is 0 Å². The molecule has 0 bridgehead atoms. The monoisotopic (exact) mass is 274 g/mol.